The molecule has 0 unspecified atom stereocenters. The van der Waals surface area contributed by atoms with Crippen molar-refractivity contribution in [1.29, 1.82) is 0 Å². The fourth-order valence-electron chi connectivity index (χ4n) is 6.74. The second kappa shape index (κ2) is 16.1. The number of ether oxygens (including phenoxy) is 1. The SMILES string of the molecule is CCCCCC1CCC(C(=O)Oc2ccc(-c3ncc(CC[C@H]4CC[C@H](CCCCC)CC4)cn3)cc2)CC1. The molecule has 4 heteroatoms. The maximum absolute atomic E-state index is 12.7. The summed E-state index contributed by atoms with van der Waals surface area (Å²) < 4.78 is 5.74. The molecule has 0 aliphatic heterocycles. The van der Waals surface area contributed by atoms with E-state index in [1.165, 1.54) is 89.0 Å². The summed E-state index contributed by atoms with van der Waals surface area (Å²) in [6.07, 6.45) is 27.1. The predicted molar refractivity (Wildman–Crippen MR) is 161 cm³/mol. The smallest absolute Gasteiger partial charge is 0.314 e. The molecule has 2 saturated carbocycles. The Hall–Kier alpha value is -2.23. The molecule has 0 saturated heterocycles. The Morgan fingerprint density at radius 3 is 1.77 bits per heavy atom. The molecule has 214 valence electrons. The lowest BCUT2D eigenvalue weighted by Gasteiger charge is -2.28. The highest BCUT2D eigenvalue weighted by Crippen LogP contribution is 2.35. The van der Waals surface area contributed by atoms with Gasteiger partial charge in [0, 0.05) is 18.0 Å². The Labute approximate surface area is 237 Å². The molecule has 0 atom stereocenters. The van der Waals surface area contributed by atoms with Crippen molar-refractivity contribution in [2.75, 3.05) is 0 Å². The van der Waals surface area contributed by atoms with Crippen LogP contribution in [-0.4, -0.2) is 15.9 Å². The molecule has 0 amide bonds. The van der Waals surface area contributed by atoms with Crippen molar-refractivity contribution in [3.63, 3.8) is 0 Å². The van der Waals surface area contributed by atoms with Crippen LogP contribution >= 0.6 is 0 Å². The van der Waals surface area contributed by atoms with Gasteiger partial charge >= 0.3 is 5.97 Å². The average Bonchev–Trinajstić information content (AvgIpc) is 2.98. The topological polar surface area (TPSA) is 52.1 Å². The monoisotopic (exact) mass is 532 g/mol. The number of unbranched alkanes of at least 4 members (excludes halogenated alkanes) is 4. The first-order valence-electron chi connectivity index (χ1n) is 16.3. The van der Waals surface area contributed by atoms with E-state index in [2.05, 4.69) is 23.8 Å². The van der Waals surface area contributed by atoms with Crippen LogP contribution < -0.4 is 4.74 Å². The van der Waals surface area contributed by atoms with Crippen molar-refractivity contribution in [2.45, 2.75) is 129 Å². The van der Waals surface area contributed by atoms with Crippen molar-refractivity contribution in [3.8, 4) is 17.1 Å². The molecule has 2 fully saturated rings. The molecule has 0 bridgehead atoms. The third kappa shape index (κ3) is 9.72. The number of aromatic nitrogens is 2. The van der Waals surface area contributed by atoms with Crippen LogP contribution in [0.5, 0.6) is 5.75 Å². The summed E-state index contributed by atoms with van der Waals surface area (Å²) in [4.78, 5) is 22.0. The predicted octanol–water partition coefficient (Wildman–Crippen LogP) is 9.75. The second-order valence-corrected chi connectivity index (χ2v) is 12.5. The van der Waals surface area contributed by atoms with Gasteiger partial charge in [-0.3, -0.25) is 4.79 Å². The third-order valence-corrected chi connectivity index (χ3v) is 9.46. The number of hydrogen-bond donors (Lipinski definition) is 0. The van der Waals surface area contributed by atoms with Gasteiger partial charge in [0.15, 0.2) is 5.82 Å². The van der Waals surface area contributed by atoms with Crippen LogP contribution in [0.25, 0.3) is 11.4 Å². The number of carbonyl (C=O) groups excluding carboxylic acids is 1. The Balaban J connectivity index is 1.17. The molecule has 4 rings (SSSR count). The van der Waals surface area contributed by atoms with Crippen LogP contribution in [0.2, 0.25) is 0 Å². The lowest BCUT2D eigenvalue weighted by atomic mass is 9.78. The first-order chi connectivity index (χ1) is 19.1. The molecule has 4 nitrogen and oxygen atoms in total. The minimum atomic E-state index is -0.0691. The van der Waals surface area contributed by atoms with Gasteiger partial charge in [0.1, 0.15) is 5.75 Å². The van der Waals surface area contributed by atoms with Crippen molar-refractivity contribution in [2.24, 2.45) is 23.7 Å². The Morgan fingerprint density at radius 1 is 0.718 bits per heavy atom. The Kier molecular flexibility index (Phi) is 12.3. The largest absolute Gasteiger partial charge is 0.426 e. The molecule has 0 spiro atoms. The third-order valence-electron chi connectivity index (χ3n) is 9.46. The van der Waals surface area contributed by atoms with Crippen LogP contribution in [-0.2, 0) is 11.2 Å². The van der Waals surface area contributed by atoms with Crippen molar-refractivity contribution >= 4 is 5.97 Å². The summed E-state index contributed by atoms with van der Waals surface area (Å²) in [5.74, 6) is 3.96. The maximum Gasteiger partial charge on any atom is 0.314 e. The molecule has 1 heterocycles. The van der Waals surface area contributed by atoms with Crippen LogP contribution in [0.4, 0.5) is 0 Å². The molecular weight excluding hydrogens is 480 g/mol. The Morgan fingerprint density at radius 2 is 1.23 bits per heavy atom. The summed E-state index contributed by atoms with van der Waals surface area (Å²) in [7, 11) is 0. The molecule has 1 aromatic heterocycles. The van der Waals surface area contributed by atoms with E-state index in [-0.39, 0.29) is 11.9 Å². The highest BCUT2D eigenvalue weighted by atomic mass is 16.5. The van der Waals surface area contributed by atoms with E-state index in [4.69, 9.17) is 4.74 Å². The van der Waals surface area contributed by atoms with Crippen molar-refractivity contribution < 1.29 is 9.53 Å². The number of hydrogen-bond acceptors (Lipinski definition) is 4. The summed E-state index contributed by atoms with van der Waals surface area (Å²) in [5, 5.41) is 0. The molecule has 0 N–H and O–H groups in total. The number of carbonyl (C=O) groups is 1. The van der Waals surface area contributed by atoms with E-state index in [1.54, 1.807) is 0 Å². The highest BCUT2D eigenvalue weighted by Gasteiger charge is 2.27. The minimum absolute atomic E-state index is 0.0452. The molecular formula is C35H52N2O2. The van der Waals surface area contributed by atoms with Gasteiger partial charge in [-0.1, -0.05) is 90.9 Å². The van der Waals surface area contributed by atoms with Gasteiger partial charge < -0.3 is 4.74 Å². The molecule has 2 aromatic rings. The second-order valence-electron chi connectivity index (χ2n) is 12.5. The van der Waals surface area contributed by atoms with E-state index >= 15 is 0 Å². The summed E-state index contributed by atoms with van der Waals surface area (Å²) in [5.41, 5.74) is 2.18. The van der Waals surface area contributed by atoms with E-state index < -0.39 is 0 Å². The van der Waals surface area contributed by atoms with Gasteiger partial charge in [-0.2, -0.15) is 0 Å². The first kappa shape index (κ1) is 29.7. The molecule has 39 heavy (non-hydrogen) atoms. The zero-order chi connectivity index (χ0) is 27.3. The summed E-state index contributed by atoms with van der Waals surface area (Å²) in [6.45, 7) is 4.55. The van der Waals surface area contributed by atoms with E-state index in [1.807, 2.05) is 36.7 Å². The van der Waals surface area contributed by atoms with Crippen LogP contribution in [0.3, 0.4) is 0 Å². The maximum atomic E-state index is 12.7. The van der Waals surface area contributed by atoms with Gasteiger partial charge in [-0.15, -0.1) is 0 Å². The van der Waals surface area contributed by atoms with E-state index in [0.717, 1.165) is 61.2 Å². The highest BCUT2D eigenvalue weighted by molar-refractivity contribution is 5.75. The molecule has 2 aliphatic carbocycles. The van der Waals surface area contributed by atoms with Crippen LogP contribution in [0.1, 0.15) is 129 Å². The van der Waals surface area contributed by atoms with Crippen molar-refractivity contribution in [3.05, 3.63) is 42.2 Å². The molecule has 0 radical (unpaired) electrons. The van der Waals surface area contributed by atoms with Gasteiger partial charge in [0.25, 0.3) is 0 Å². The number of nitrogens with zero attached hydrogens (tertiary/aromatic N) is 2. The molecule has 2 aliphatic rings. The Bertz CT molecular complexity index is 955. The van der Waals surface area contributed by atoms with Crippen molar-refractivity contribution in [1.82, 2.24) is 9.97 Å². The van der Waals surface area contributed by atoms with Gasteiger partial charge in [-0.25, -0.2) is 9.97 Å². The molecule has 1 aromatic carbocycles. The first-order valence-corrected chi connectivity index (χ1v) is 16.3. The van der Waals surface area contributed by atoms with Crippen LogP contribution in [0.15, 0.2) is 36.7 Å². The van der Waals surface area contributed by atoms with E-state index in [9.17, 15) is 4.79 Å². The van der Waals surface area contributed by atoms with Gasteiger partial charge in [0.05, 0.1) is 5.92 Å². The normalized spacial score (nSPS) is 23.4. The lowest BCUT2D eigenvalue weighted by Crippen LogP contribution is -2.25. The summed E-state index contributed by atoms with van der Waals surface area (Å²) in [6, 6.07) is 7.67. The number of aryl methyl sites for hydroxylation is 1. The van der Waals surface area contributed by atoms with Gasteiger partial charge in [0.2, 0.25) is 0 Å². The standard InChI is InChI=1S/C35H52N2O2/c1-3-5-7-9-27-11-13-29(14-12-27)15-16-30-25-36-34(37-26-30)31-21-23-33(24-22-31)39-35(38)32-19-17-28(18-20-32)10-8-6-4-2/h21-29,32H,3-20H2,1-2H3/t27-,28?,29-,32?. The quantitative estimate of drug-likeness (QED) is 0.138. The fourth-order valence-corrected chi connectivity index (χ4v) is 6.74. The lowest BCUT2D eigenvalue weighted by molar-refractivity contribution is -0.140. The van der Waals surface area contributed by atoms with Gasteiger partial charge in [-0.05, 0) is 86.1 Å². The minimum Gasteiger partial charge on any atom is -0.426 e. The average molecular weight is 533 g/mol. The number of benzene rings is 1. The number of esters is 1. The van der Waals surface area contributed by atoms with Crippen LogP contribution in [0, 0.1) is 23.7 Å². The summed E-state index contributed by atoms with van der Waals surface area (Å²) >= 11 is 0. The fraction of sp³-hybridized carbons (Fsp3) is 0.686. The number of rotatable bonds is 14. The zero-order valence-electron chi connectivity index (χ0n) is 24.7. The van der Waals surface area contributed by atoms with E-state index in [0.29, 0.717) is 5.75 Å². The zero-order valence-corrected chi connectivity index (χ0v) is 24.7.